The predicted molar refractivity (Wildman–Crippen MR) is 112 cm³/mol. The number of allylic oxidation sites excluding steroid dienone is 4. The van der Waals surface area contributed by atoms with E-state index in [0.29, 0.717) is 0 Å². The van der Waals surface area contributed by atoms with Crippen molar-refractivity contribution >= 4 is 17.7 Å². The first-order chi connectivity index (χ1) is 10.9. The largest absolute Gasteiger partial charge is 0.0991 e. The van der Waals surface area contributed by atoms with Crippen molar-refractivity contribution in [1.82, 2.24) is 0 Å². The minimum Gasteiger partial charge on any atom is -0.0991 e. The van der Waals surface area contributed by atoms with Gasteiger partial charge < -0.3 is 0 Å². The van der Waals surface area contributed by atoms with Crippen LogP contribution in [0.15, 0.2) is 43.0 Å². The summed E-state index contributed by atoms with van der Waals surface area (Å²) in [6.45, 7) is 25.9. The number of hydrogen-bond acceptors (Lipinski definition) is 0. The van der Waals surface area contributed by atoms with E-state index in [9.17, 15) is 0 Å². The molecule has 0 fully saturated rings. The predicted octanol–water partition coefficient (Wildman–Crippen LogP) is 7.67. The smallest absolute Gasteiger partial charge is 0.0109 e. The monoisotopic (exact) mass is 322 g/mol. The van der Waals surface area contributed by atoms with Crippen LogP contribution in [0.5, 0.6) is 0 Å². The summed E-state index contributed by atoms with van der Waals surface area (Å²) in [6.07, 6.45) is 7.93. The molecule has 0 aliphatic heterocycles. The molecule has 24 heavy (non-hydrogen) atoms. The minimum absolute atomic E-state index is 0.100. The van der Waals surface area contributed by atoms with Gasteiger partial charge in [0.2, 0.25) is 0 Å². The van der Waals surface area contributed by atoms with E-state index in [1.807, 2.05) is 18.2 Å². The molecular formula is C24H34. The van der Waals surface area contributed by atoms with E-state index in [4.69, 9.17) is 0 Å². The van der Waals surface area contributed by atoms with Crippen molar-refractivity contribution < 1.29 is 0 Å². The Morgan fingerprint density at radius 1 is 0.958 bits per heavy atom. The quantitative estimate of drug-likeness (QED) is 0.499. The fraction of sp³-hybridized carbons (Fsp3) is 0.417. The molecule has 1 aromatic carbocycles. The third-order valence-corrected chi connectivity index (χ3v) is 4.79. The Balaban J connectivity index is 3.87. The summed E-state index contributed by atoms with van der Waals surface area (Å²) in [4.78, 5) is 0. The lowest BCUT2D eigenvalue weighted by atomic mass is 9.78. The average Bonchev–Trinajstić information content (AvgIpc) is 2.48. The highest BCUT2D eigenvalue weighted by atomic mass is 14.3. The summed E-state index contributed by atoms with van der Waals surface area (Å²) in [7, 11) is 0. The SMILES string of the molecule is C=C/C=C\c1c(C=C)cc(C(C)(C)C)cc1/C(C)=C(\C)C(C)(C)C. The summed E-state index contributed by atoms with van der Waals surface area (Å²) < 4.78 is 0. The second-order valence-corrected chi connectivity index (χ2v) is 8.58. The van der Waals surface area contributed by atoms with Gasteiger partial charge in [-0.2, -0.15) is 0 Å². The third-order valence-electron chi connectivity index (χ3n) is 4.79. The van der Waals surface area contributed by atoms with E-state index in [0.717, 1.165) is 0 Å². The van der Waals surface area contributed by atoms with Gasteiger partial charge in [0.05, 0.1) is 0 Å². The van der Waals surface area contributed by atoms with Gasteiger partial charge in [0.25, 0.3) is 0 Å². The van der Waals surface area contributed by atoms with Crippen LogP contribution in [0.2, 0.25) is 0 Å². The van der Waals surface area contributed by atoms with Gasteiger partial charge in [-0.3, -0.25) is 0 Å². The molecule has 0 spiro atoms. The third kappa shape index (κ3) is 4.60. The summed E-state index contributed by atoms with van der Waals surface area (Å²) in [5.74, 6) is 0. The molecule has 130 valence electrons. The first-order valence-corrected chi connectivity index (χ1v) is 8.72. The number of hydrogen-bond donors (Lipinski definition) is 0. The maximum absolute atomic E-state index is 4.04. The lowest BCUT2D eigenvalue weighted by molar-refractivity contribution is 0.505. The van der Waals surface area contributed by atoms with Crippen LogP contribution in [0.1, 0.15) is 77.6 Å². The van der Waals surface area contributed by atoms with Crippen LogP contribution >= 0.6 is 0 Å². The van der Waals surface area contributed by atoms with Gasteiger partial charge in [0.1, 0.15) is 0 Å². The van der Waals surface area contributed by atoms with Crippen LogP contribution in [0.4, 0.5) is 0 Å². The average molecular weight is 323 g/mol. The zero-order valence-electron chi connectivity index (χ0n) is 16.9. The van der Waals surface area contributed by atoms with Crippen molar-refractivity contribution in [1.29, 1.82) is 0 Å². The van der Waals surface area contributed by atoms with Crippen LogP contribution in [0.3, 0.4) is 0 Å². The highest BCUT2D eigenvalue weighted by Crippen LogP contribution is 2.37. The Labute approximate surface area is 149 Å². The Kier molecular flexibility index (Phi) is 6.22. The van der Waals surface area contributed by atoms with Crippen LogP contribution in [0.25, 0.3) is 17.7 Å². The maximum Gasteiger partial charge on any atom is -0.0109 e. The molecular weight excluding hydrogens is 288 g/mol. The fourth-order valence-corrected chi connectivity index (χ4v) is 2.70. The van der Waals surface area contributed by atoms with Gasteiger partial charge in [-0.05, 0) is 52.5 Å². The molecule has 0 aromatic heterocycles. The van der Waals surface area contributed by atoms with E-state index in [2.05, 4.69) is 86.8 Å². The van der Waals surface area contributed by atoms with Crippen LogP contribution in [-0.4, -0.2) is 0 Å². The topological polar surface area (TPSA) is 0 Å². The van der Waals surface area contributed by atoms with Crippen LogP contribution < -0.4 is 0 Å². The van der Waals surface area contributed by atoms with E-state index < -0.39 is 0 Å². The van der Waals surface area contributed by atoms with Gasteiger partial charge >= 0.3 is 0 Å². The fourth-order valence-electron chi connectivity index (χ4n) is 2.70. The van der Waals surface area contributed by atoms with Crippen LogP contribution in [-0.2, 0) is 5.41 Å². The summed E-state index contributed by atoms with van der Waals surface area (Å²) in [6, 6.07) is 4.61. The molecule has 0 N–H and O–H groups in total. The molecule has 0 heteroatoms. The molecule has 0 amide bonds. The first kappa shape index (κ1) is 20.2. The molecule has 0 aliphatic rings. The molecule has 1 aromatic rings. The van der Waals surface area contributed by atoms with E-state index >= 15 is 0 Å². The van der Waals surface area contributed by atoms with Gasteiger partial charge in [-0.15, -0.1) is 0 Å². The molecule has 0 bridgehead atoms. The second-order valence-electron chi connectivity index (χ2n) is 8.58. The normalized spacial score (nSPS) is 13.8. The molecule has 0 atom stereocenters. The van der Waals surface area contributed by atoms with Gasteiger partial charge in [0.15, 0.2) is 0 Å². The highest BCUT2D eigenvalue weighted by Gasteiger charge is 2.21. The number of rotatable bonds is 4. The molecule has 0 heterocycles. The summed E-state index contributed by atoms with van der Waals surface area (Å²) in [5.41, 5.74) is 8.04. The van der Waals surface area contributed by atoms with Crippen LogP contribution in [0, 0.1) is 5.41 Å². The van der Waals surface area contributed by atoms with Crippen molar-refractivity contribution in [2.75, 3.05) is 0 Å². The minimum atomic E-state index is 0.100. The summed E-state index contributed by atoms with van der Waals surface area (Å²) in [5, 5.41) is 0. The van der Waals surface area contributed by atoms with Crippen molar-refractivity contribution in [3.63, 3.8) is 0 Å². The zero-order chi connectivity index (χ0) is 18.7. The van der Waals surface area contributed by atoms with Crippen molar-refractivity contribution in [3.05, 3.63) is 65.3 Å². The Hall–Kier alpha value is -1.82. The van der Waals surface area contributed by atoms with Gasteiger partial charge in [0, 0.05) is 0 Å². The Bertz CT molecular complexity index is 680. The van der Waals surface area contributed by atoms with Crippen molar-refractivity contribution in [2.24, 2.45) is 5.41 Å². The maximum atomic E-state index is 4.04. The molecule has 0 saturated carbocycles. The second kappa shape index (κ2) is 7.38. The van der Waals surface area contributed by atoms with Gasteiger partial charge in [-0.25, -0.2) is 0 Å². The molecule has 0 unspecified atom stereocenters. The van der Waals surface area contributed by atoms with E-state index in [1.54, 1.807) is 0 Å². The zero-order valence-corrected chi connectivity index (χ0v) is 16.9. The molecule has 0 radical (unpaired) electrons. The molecule has 1 rings (SSSR count). The molecule has 0 saturated heterocycles. The lowest BCUT2D eigenvalue weighted by Gasteiger charge is -2.26. The number of benzene rings is 1. The van der Waals surface area contributed by atoms with Crippen molar-refractivity contribution in [3.8, 4) is 0 Å². The Morgan fingerprint density at radius 3 is 1.96 bits per heavy atom. The standard InChI is InChI=1S/C24H34/c1-11-13-14-21-19(12-2)15-20(24(8,9)10)16-22(21)17(3)18(4)23(5,6)7/h11-16H,1-2H2,3-10H3/b14-13-,18-17+. The lowest BCUT2D eigenvalue weighted by Crippen LogP contribution is -2.13. The Morgan fingerprint density at radius 2 is 1.54 bits per heavy atom. The molecule has 0 nitrogen and oxygen atoms in total. The highest BCUT2D eigenvalue weighted by molar-refractivity contribution is 5.81. The first-order valence-electron chi connectivity index (χ1n) is 8.72. The molecule has 0 aliphatic carbocycles. The van der Waals surface area contributed by atoms with E-state index in [1.165, 1.54) is 33.4 Å². The van der Waals surface area contributed by atoms with Gasteiger partial charge in [-0.1, -0.05) is 96.7 Å². The van der Waals surface area contributed by atoms with E-state index in [-0.39, 0.29) is 10.8 Å². The summed E-state index contributed by atoms with van der Waals surface area (Å²) >= 11 is 0. The van der Waals surface area contributed by atoms with Crippen molar-refractivity contribution in [2.45, 2.75) is 60.8 Å².